The predicted molar refractivity (Wildman–Crippen MR) is 176 cm³/mol. The first-order valence-electron chi connectivity index (χ1n) is 15.5. The smallest absolute Gasteiger partial charge is 0.243 e. The summed E-state index contributed by atoms with van der Waals surface area (Å²) in [7, 11) is 0. The Balaban J connectivity index is 3.18. The van der Waals surface area contributed by atoms with Crippen molar-refractivity contribution in [2.24, 2.45) is 39.8 Å². The molecular weight excluding hydrogens is 594 g/mol. The van der Waals surface area contributed by atoms with Crippen LogP contribution < -0.4 is 44.2 Å². The molecule has 0 radical (unpaired) electrons. The van der Waals surface area contributed by atoms with Crippen molar-refractivity contribution in [1.29, 1.82) is 0 Å². The largest absolute Gasteiger partial charge is 0.391 e. The quantitative estimate of drug-likeness (QED) is 0.0452. The number of amides is 5. The maximum Gasteiger partial charge on any atom is 0.243 e. The van der Waals surface area contributed by atoms with Crippen molar-refractivity contribution in [3.05, 3.63) is 35.9 Å². The number of aliphatic hydroxyl groups is 1. The lowest BCUT2D eigenvalue weighted by Gasteiger charge is -2.28. The summed E-state index contributed by atoms with van der Waals surface area (Å²) >= 11 is 0. The number of nitrogens with zero attached hydrogens (tertiary/aromatic N) is 1. The van der Waals surface area contributed by atoms with Crippen molar-refractivity contribution in [1.82, 2.24) is 21.3 Å². The number of nitrogens with one attached hydrogen (secondary N) is 4. The summed E-state index contributed by atoms with van der Waals surface area (Å²) in [6, 6.07) is 3.44. The van der Waals surface area contributed by atoms with Gasteiger partial charge in [-0.1, -0.05) is 58.0 Å². The fraction of sp³-hybridized carbons (Fsp3) is 0.613. The molecule has 5 amide bonds. The topological polar surface area (TPSA) is 270 Å². The minimum Gasteiger partial charge on any atom is -0.391 e. The Labute approximate surface area is 271 Å². The van der Waals surface area contributed by atoms with Gasteiger partial charge in [0, 0.05) is 13.0 Å². The van der Waals surface area contributed by atoms with Crippen LogP contribution in [-0.4, -0.2) is 83.5 Å². The third-order valence-corrected chi connectivity index (χ3v) is 7.02. The number of primary amides is 1. The lowest BCUT2D eigenvalue weighted by atomic mass is 9.98. The fourth-order valence-electron chi connectivity index (χ4n) is 4.56. The molecule has 15 heteroatoms. The molecule has 0 aliphatic rings. The van der Waals surface area contributed by atoms with Crippen molar-refractivity contribution in [3.8, 4) is 0 Å². The van der Waals surface area contributed by atoms with Crippen LogP contribution >= 0.6 is 0 Å². The molecular formula is C31H53N9O6. The second-order valence-corrected chi connectivity index (χ2v) is 12.3. The van der Waals surface area contributed by atoms with Gasteiger partial charge in [-0.15, -0.1) is 0 Å². The molecule has 1 aromatic carbocycles. The first kappa shape index (κ1) is 39.8. The highest BCUT2D eigenvalue weighted by atomic mass is 16.3. The Hall–Kier alpha value is -4.24. The van der Waals surface area contributed by atoms with Gasteiger partial charge in [-0.3, -0.25) is 29.0 Å². The summed E-state index contributed by atoms with van der Waals surface area (Å²) in [5, 5.41) is 20.5. The van der Waals surface area contributed by atoms with Gasteiger partial charge in [0.05, 0.1) is 6.10 Å². The SMILES string of the molecule is CC(C)CC(NC(=O)C(CC(C)C)NC(=O)C(Cc1ccccc1)NC(=O)C(N)C(C)O)C(=O)NC(CCCN=C(N)N)C(N)=O. The highest BCUT2D eigenvalue weighted by Gasteiger charge is 2.32. The van der Waals surface area contributed by atoms with Gasteiger partial charge in [0.25, 0.3) is 0 Å². The molecule has 0 saturated carbocycles. The van der Waals surface area contributed by atoms with Gasteiger partial charge >= 0.3 is 0 Å². The second kappa shape index (κ2) is 20.0. The number of hydrogen-bond donors (Lipinski definition) is 9. The molecule has 0 bridgehead atoms. The molecule has 0 heterocycles. The van der Waals surface area contributed by atoms with Crippen LogP contribution in [-0.2, 0) is 30.4 Å². The lowest BCUT2D eigenvalue weighted by molar-refractivity contribution is -0.135. The van der Waals surface area contributed by atoms with Gasteiger partial charge in [0.2, 0.25) is 29.5 Å². The van der Waals surface area contributed by atoms with E-state index in [1.54, 1.807) is 24.3 Å². The number of hydrogen-bond acceptors (Lipinski definition) is 8. The Morgan fingerprint density at radius 2 is 1.17 bits per heavy atom. The Morgan fingerprint density at radius 1 is 0.717 bits per heavy atom. The van der Waals surface area contributed by atoms with E-state index in [0.717, 1.165) is 5.56 Å². The van der Waals surface area contributed by atoms with Crippen LogP contribution in [0.15, 0.2) is 35.3 Å². The van der Waals surface area contributed by atoms with Gasteiger partial charge in [0.15, 0.2) is 5.96 Å². The zero-order chi connectivity index (χ0) is 35.0. The first-order chi connectivity index (χ1) is 21.5. The summed E-state index contributed by atoms with van der Waals surface area (Å²) in [6.45, 7) is 9.08. The predicted octanol–water partition coefficient (Wildman–Crippen LogP) is -1.49. The van der Waals surface area contributed by atoms with Gasteiger partial charge in [-0.05, 0) is 50.0 Å². The molecule has 258 valence electrons. The highest BCUT2D eigenvalue weighted by molar-refractivity contribution is 5.96. The molecule has 0 spiro atoms. The van der Waals surface area contributed by atoms with Gasteiger partial charge in [-0.25, -0.2) is 0 Å². The number of carbonyl (C=O) groups excluding carboxylic acids is 5. The van der Waals surface area contributed by atoms with Crippen LogP contribution in [0.4, 0.5) is 0 Å². The summed E-state index contributed by atoms with van der Waals surface area (Å²) in [5.41, 5.74) is 22.7. The van der Waals surface area contributed by atoms with E-state index in [9.17, 15) is 29.1 Å². The van der Waals surface area contributed by atoms with E-state index in [2.05, 4.69) is 26.3 Å². The highest BCUT2D eigenvalue weighted by Crippen LogP contribution is 2.11. The van der Waals surface area contributed by atoms with E-state index in [0.29, 0.717) is 6.42 Å². The Morgan fingerprint density at radius 3 is 1.61 bits per heavy atom. The number of rotatable bonds is 20. The molecule has 0 aliphatic carbocycles. The second-order valence-electron chi connectivity index (χ2n) is 12.3. The van der Waals surface area contributed by atoms with E-state index >= 15 is 0 Å². The van der Waals surface area contributed by atoms with E-state index in [1.165, 1.54) is 6.92 Å². The van der Waals surface area contributed by atoms with Crippen LogP contribution in [0.5, 0.6) is 0 Å². The normalized spacial score (nSPS) is 15.1. The molecule has 0 aromatic heterocycles. The zero-order valence-corrected chi connectivity index (χ0v) is 27.5. The monoisotopic (exact) mass is 647 g/mol. The van der Waals surface area contributed by atoms with Crippen LogP contribution in [0.2, 0.25) is 0 Å². The molecule has 1 aromatic rings. The summed E-state index contributed by atoms with van der Waals surface area (Å²) in [4.78, 5) is 69.2. The lowest BCUT2D eigenvalue weighted by Crippen LogP contribution is -2.60. The van der Waals surface area contributed by atoms with Gasteiger partial charge in [0.1, 0.15) is 30.2 Å². The summed E-state index contributed by atoms with van der Waals surface area (Å²) in [6.07, 6.45) is -0.0454. The maximum atomic E-state index is 13.6. The summed E-state index contributed by atoms with van der Waals surface area (Å²) in [5.74, 6) is -3.50. The number of nitrogens with two attached hydrogens (primary N) is 4. The number of aliphatic imine (C=N–C) groups is 1. The average Bonchev–Trinajstić information content (AvgIpc) is 2.96. The van der Waals surface area contributed by atoms with Crippen molar-refractivity contribution < 1.29 is 29.1 Å². The molecule has 0 aliphatic heterocycles. The number of benzene rings is 1. The van der Waals surface area contributed by atoms with Crippen molar-refractivity contribution in [2.45, 2.75) is 103 Å². The molecule has 15 nitrogen and oxygen atoms in total. The Kier molecular flexibility index (Phi) is 17.3. The van der Waals surface area contributed by atoms with Crippen molar-refractivity contribution in [2.75, 3.05) is 6.54 Å². The van der Waals surface area contributed by atoms with Crippen LogP contribution in [0.3, 0.4) is 0 Å². The Bertz CT molecular complexity index is 1170. The van der Waals surface area contributed by atoms with Crippen LogP contribution in [0.1, 0.15) is 65.9 Å². The molecule has 0 saturated heterocycles. The van der Waals surface area contributed by atoms with Crippen molar-refractivity contribution >= 4 is 35.5 Å². The van der Waals surface area contributed by atoms with Crippen molar-refractivity contribution in [3.63, 3.8) is 0 Å². The minimum absolute atomic E-state index is 0.0216. The molecule has 6 unspecified atom stereocenters. The standard InChI is InChI=1S/C31H53N9O6/c1-17(2)14-22(27(43)37-21(26(33)42)12-9-13-36-31(34)35)38-28(44)23(15-18(3)4)39-29(45)24(16-20-10-7-6-8-11-20)40-30(46)25(32)19(5)41/h6-8,10-11,17-19,21-25,41H,9,12-16,32H2,1-5H3,(H2,33,42)(H,37,43)(H,38,44)(H,39,45)(H,40,46)(H4,34,35,36). The average molecular weight is 648 g/mol. The third kappa shape index (κ3) is 15.2. The molecule has 46 heavy (non-hydrogen) atoms. The van der Waals surface area contributed by atoms with Crippen LogP contribution in [0, 0.1) is 11.8 Å². The number of aliphatic hydroxyl groups excluding tert-OH is 1. The maximum absolute atomic E-state index is 13.6. The van der Waals surface area contributed by atoms with E-state index in [4.69, 9.17) is 22.9 Å². The molecule has 13 N–H and O–H groups in total. The summed E-state index contributed by atoms with van der Waals surface area (Å²) < 4.78 is 0. The van der Waals surface area contributed by atoms with Crippen LogP contribution in [0.25, 0.3) is 0 Å². The van der Waals surface area contributed by atoms with E-state index < -0.39 is 65.8 Å². The zero-order valence-electron chi connectivity index (χ0n) is 27.5. The third-order valence-electron chi connectivity index (χ3n) is 7.02. The molecule has 0 fully saturated rings. The van der Waals surface area contributed by atoms with E-state index in [-0.39, 0.29) is 50.0 Å². The van der Waals surface area contributed by atoms with Gasteiger partial charge < -0.3 is 49.3 Å². The number of carbonyl (C=O) groups is 5. The molecule has 6 atom stereocenters. The fourth-order valence-corrected chi connectivity index (χ4v) is 4.56. The van der Waals surface area contributed by atoms with E-state index in [1.807, 2.05) is 33.8 Å². The molecule has 1 rings (SSSR count). The minimum atomic E-state index is -1.27. The van der Waals surface area contributed by atoms with Gasteiger partial charge in [-0.2, -0.15) is 0 Å². The first-order valence-corrected chi connectivity index (χ1v) is 15.5. The number of guanidine groups is 1.